The van der Waals surface area contributed by atoms with Gasteiger partial charge < -0.3 is 4.57 Å². The molecule has 0 aliphatic heterocycles. The third-order valence-electron chi connectivity index (χ3n) is 6.14. The fraction of sp³-hybridized carbons (Fsp3) is 0. The van der Waals surface area contributed by atoms with Gasteiger partial charge in [-0.2, -0.15) is 0 Å². The maximum Gasteiger partial charge on any atom is 0.0630 e. The normalized spacial score (nSPS) is 11.8. The lowest BCUT2D eigenvalue weighted by Gasteiger charge is -2.08. The molecule has 2 aromatic heterocycles. The lowest BCUT2D eigenvalue weighted by atomic mass is 10.1. The number of aromatic nitrogens is 2. The van der Waals surface area contributed by atoms with E-state index >= 15 is 0 Å². The Labute approximate surface area is 204 Å². The van der Waals surface area contributed by atoms with E-state index in [4.69, 9.17) is 0 Å². The van der Waals surface area contributed by atoms with Crippen molar-refractivity contribution in [1.82, 2.24) is 9.55 Å². The molecule has 3 nitrogen and oxygen atoms in total. The van der Waals surface area contributed by atoms with Crippen molar-refractivity contribution in [1.29, 1.82) is 0 Å². The summed E-state index contributed by atoms with van der Waals surface area (Å²) in [5, 5.41) is 2.56. The second kappa shape index (κ2) is 9.24. The van der Waals surface area contributed by atoms with Gasteiger partial charge in [-0.15, -0.1) is 0 Å². The van der Waals surface area contributed by atoms with Crippen LogP contribution in [0.5, 0.6) is 0 Å². The zero-order valence-corrected chi connectivity index (χ0v) is 19.1. The summed E-state index contributed by atoms with van der Waals surface area (Å²) in [6, 6.07) is 38.0. The van der Waals surface area contributed by atoms with Gasteiger partial charge in [0.25, 0.3) is 0 Å². The molecule has 0 radical (unpaired) electrons. The fourth-order valence-electron chi connectivity index (χ4n) is 4.40. The molecular formula is C32H23N3. The predicted octanol–water partition coefficient (Wildman–Crippen LogP) is 8.10. The van der Waals surface area contributed by atoms with Gasteiger partial charge in [0.15, 0.2) is 0 Å². The minimum absolute atomic E-state index is 0.918. The molecule has 0 bridgehead atoms. The summed E-state index contributed by atoms with van der Waals surface area (Å²) in [6.07, 6.45) is 9.66. The van der Waals surface area contributed by atoms with Crippen molar-refractivity contribution in [2.24, 2.45) is 4.99 Å². The number of hydrogen-bond acceptors (Lipinski definition) is 2. The average Bonchev–Trinajstić information content (AvgIpc) is 3.27. The molecule has 166 valence electrons. The lowest BCUT2D eigenvalue weighted by Crippen LogP contribution is -1.93. The molecule has 4 aromatic carbocycles. The number of para-hydroxylation sites is 2. The molecule has 0 saturated heterocycles. The highest BCUT2D eigenvalue weighted by molar-refractivity contribution is 6.09. The first kappa shape index (κ1) is 20.8. The van der Waals surface area contributed by atoms with E-state index < -0.39 is 0 Å². The minimum atomic E-state index is 0.918. The van der Waals surface area contributed by atoms with E-state index in [0.29, 0.717) is 0 Å². The smallest absolute Gasteiger partial charge is 0.0630 e. The van der Waals surface area contributed by atoms with Crippen LogP contribution in [0.4, 0.5) is 5.69 Å². The largest absolute Gasteiger partial charge is 0.309 e. The summed E-state index contributed by atoms with van der Waals surface area (Å²) in [5.41, 5.74) is 7.81. The Hall–Kier alpha value is -4.76. The molecule has 35 heavy (non-hydrogen) atoms. The summed E-state index contributed by atoms with van der Waals surface area (Å²) < 4.78 is 2.34. The molecule has 0 spiro atoms. The summed E-state index contributed by atoms with van der Waals surface area (Å²) in [7, 11) is 0. The molecule has 0 saturated carbocycles. The van der Waals surface area contributed by atoms with Crippen molar-refractivity contribution in [3.05, 3.63) is 138 Å². The summed E-state index contributed by atoms with van der Waals surface area (Å²) in [5.74, 6) is 0. The molecule has 2 heterocycles. The van der Waals surface area contributed by atoms with E-state index in [9.17, 15) is 0 Å². The van der Waals surface area contributed by atoms with Crippen LogP contribution in [0.15, 0.2) is 127 Å². The highest BCUT2D eigenvalue weighted by Crippen LogP contribution is 2.31. The van der Waals surface area contributed by atoms with E-state index in [-0.39, 0.29) is 0 Å². The van der Waals surface area contributed by atoms with E-state index in [1.54, 1.807) is 12.4 Å². The molecule has 0 aliphatic carbocycles. The number of hydrogen-bond donors (Lipinski definition) is 0. The number of nitrogens with zero attached hydrogens (tertiary/aromatic N) is 3. The Morgan fingerprint density at radius 1 is 0.571 bits per heavy atom. The maximum absolute atomic E-state index is 4.52. The molecule has 0 unspecified atom stereocenters. The molecule has 6 rings (SSSR count). The second-order valence-corrected chi connectivity index (χ2v) is 8.43. The summed E-state index contributed by atoms with van der Waals surface area (Å²) in [4.78, 5) is 8.63. The van der Waals surface area contributed by atoms with Gasteiger partial charge >= 0.3 is 0 Å². The van der Waals surface area contributed by atoms with Gasteiger partial charge in [-0.1, -0.05) is 78.9 Å². The van der Waals surface area contributed by atoms with Gasteiger partial charge in [-0.05, 0) is 53.6 Å². The molecule has 0 amide bonds. The van der Waals surface area contributed by atoms with E-state index in [1.807, 2.05) is 30.5 Å². The van der Waals surface area contributed by atoms with Gasteiger partial charge in [0, 0.05) is 40.6 Å². The first-order chi connectivity index (χ1) is 17.3. The SMILES string of the molecule is C(=Nc1ccc(/C=C/c2ccc(-n3c4ccccc4c4ccccc43)cc2)cc1)c1cccnc1. The van der Waals surface area contributed by atoms with Gasteiger partial charge in [0.1, 0.15) is 0 Å². The van der Waals surface area contributed by atoms with Crippen LogP contribution in [0.2, 0.25) is 0 Å². The lowest BCUT2D eigenvalue weighted by molar-refractivity contribution is 1.18. The molecule has 0 atom stereocenters. The van der Waals surface area contributed by atoms with Crippen LogP contribution in [-0.2, 0) is 0 Å². The first-order valence-electron chi connectivity index (χ1n) is 11.7. The van der Waals surface area contributed by atoms with Crippen molar-refractivity contribution in [3.63, 3.8) is 0 Å². The van der Waals surface area contributed by atoms with E-state index in [1.165, 1.54) is 21.8 Å². The minimum Gasteiger partial charge on any atom is -0.309 e. The maximum atomic E-state index is 4.52. The van der Waals surface area contributed by atoms with Gasteiger partial charge in [0.2, 0.25) is 0 Å². The van der Waals surface area contributed by atoms with Crippen molar-refractivity contribution in [2.45, 2.75) is 0 Å². The molecule has 0 aliphatic rings. The summed E-state index contributed by atoms with van der Waals surface area (Å²) >= 11 is 0. The third-order valence-corrected chi connectivity index (χ3v) is 6.14. The van der Waals surface area contributed by atoms with Crippen LogP contribution >= 0.6 is 0 Å². The van der Waals surface area contributed by atoms with Gasteiger partial charge in [-0.25, -0.2) is 0 Å². The van der Waals surface area contributed by atoms with Gasteiger partial charge in [-0.3, -0.25) is 9.98 Å². The monoisotopic (exact) mass is 449 g/mol. The Kier molecular flexibility index (Phi) is 5.50. The van der Waals surface area contributed by atoms with E-state index in [0.717, 1.165) is 28.1 Å². The molecule has 3 heteroatoms. The van der Waals surface area contributed by atoms with Crippen LogP contribution in [0, 0.1) is 0 Å². The topological polar surface area (TPSA) is 30.2 Å². The molecular weight excluding hydrogens is 426 g/mol. The number of aliphatic imine (C=N–C) groups is 1. The predicted molar refractivity (Wildman–Crippen MR) is 148 cm³/mol. The fourth-order valence-corrected chi connectivity index (χ4v) is 4.40. The zero-order chi connectivity index (χ0) is 23.5. The third kappa shape index (κ3) is 4.28. The van der Waals surface area contributed by atoms with Crippen molar-refractivity contribution < 1.29 is 0 Å². The standard InChI is InChI=1S/C32H23N3/c1-3-9-31-29(7-1)30-8-2-4-10-32(30)35(31)28-19-15-25(16-20-28)12-11-24-13-17-27(18-14-24)34-23-26-6-5-21-33-22-26/h1-23H/b12-11+,34-23?. The Balaban J connectivity index is 1.22. The number of fused-ring (bicyclic) bond motifs is 3. The van der Waals surface area contributed by atoms with Crippen LogP contribution in [0.1, 0.15) is 16.7 Å². The van der Waals surface area contributed by atoms with Crippen LogP contribution in [-0.4, -0.2) is 15.8 Å². The molecule has 0 N–H and O–H groups in total. The average molecular weight is 450 g/mol. The van der Waals surface area contributed by atoms with Crippen molar-refractivity contribution in [2.75, 3.05) is 0 Å². The zero-order valence-electron chi connectivity index (χ0n) is 19.1. The Bertz CT molecular complexity index is 1600. The molecule has 6 aromatic rings. The number of benzene rings is 4. The van der Waals surface area contributed by atoms with E-state index in [2.05, 4.69) is 112 Å². The Morgan fingerprint density at radius 2 is 1.17 bits per heavy atom. The van der Waals surface area contributed by atoms with Crippen LogP contribution in [0.3, 0.4) is 0 Å². The second-order valence-electron chi connectivity index (χ2n) is 8.43. The van der Waals surface area contributed by atoms with Crippen LogP contribution < -0.4 is 0 Å². The van der Waals surface area contributed by atoms with Crippen LogP contribution in [0.25, 0.3) is 39.6 Å². The summed E-state index contributed by atoms with van der Waals surface area (Å²) in [6.45, 7) is 0. The van der Waals surface area contributed by atoms with Crippen molar-refractivity contribution >= 4 is 45.9 Å². The Morgan fingerprint density at radius 3 is 1.77 bits per heavy atom. The molecule has 0 fully saturated rings. The quantitative estimate of drug-likeness (QED) is 0.193. The van der Waals surface area contributed by atoms with Crippen molar-refractivity contribution in [3.8, 4) is 5.69 Å². The first-order valence-corrected chi connectivity index (χ1v) is 11.7. The number of rotatable bonds is 5. The highest BCUT2D eigenvalue weighted by Gasteiger charge is 2.10. The number of pyridine rings is 1. The highest BCUT2D eigenvalue weighted by atomic mass is 15.0. The van der Waals surface area contributed by atoms with Gasteiger partial charge in [0.05, 0.1) is 16.7 Å².